The predicted octanol–water partition coefficient (Wildman–Crippen LogP) is 2.29. The largest absolute Gasteiger partial charge is 0.377 e. The quantitative estimate of drug-likeness (QED) is 0.814. The summed E-state index contributed by atoms with van der Waals surface area (Å²) in [6.45, 7) is 6.76. The number of carbonyl (C=O) groups is 1. The van der Waals surface area contributed by atoms with Crippen molar-refractivity contribution >= 4 is 11.6 Å². The number of hydrogen-bond acceptors (Lipinski definition) is 3. The van der Waals surface area contributed by atoms with Gasteiger partial charge >= 0.3 is 0 Å². The fraction of sp³-hybridized carbons (Fsp3) is 0.500. The minimum atomic E-state index is -0.501. The zero-order valence-corrected chi connectivity index (χ0v) is 11.3. The van der Waals surface area contributed by atoms with E-state index in [-0.39, 0.29) is 12.3 Å². The van der Waals surface area contributed by atoms with Gasteiger partial charge in [0.15, 0.2) is 0 Å². The van der Waals surface area contributed by atoms with Crippen molar-refractivity contribution in [3.8, 4) is 0 Å². The van der Waals surface area contributed by atoms with Gasteiger partial charge in [-0.15, -0.1) is 0 Å². The van der Waals surface area contributed by atoms with Crippen LogP contribution in [0.15, 0.2) is 24.3 Å². The number of carbonyl (C=O) groups excluding carboxylic acids is 1. The third kappa shape index (κ3) is 5.29. The lowest BCUT2D eigenvalue weighted by atomic mass is 10.0. The molecule has 0 aliphatic carbocycles. The zero-order valence-electron chi connectivity index (χ0n) is 11.3. The lowest BCUT2D eigenvalue weighted by molar-refractivity contribution is -0.117. The van der Waals surface area contributed by atoms with Crippen LogP contribution in [0.5, 0.6) is 0 Å². The first-order valence-electron chi connectivity index (χ1n) is 6.17. The number of benzene rings is 1. The Hall–Kier alpha value is -1.39. The molecule has 1 aromatic rings. The molecule has 0 saturated carbocycles. The van der Waals surface area contributed by atoms with Crippen molar-refractivity contribution in [1.82, 2.24) is 0 Å². The van der Waals surface area contributed by atoms with E-state index < -0.39 is 5.54 Å². The van der Waals surface area contributed by atoms with Gasteiger partial charge in [0.25, 0.3) is 0 Å². The van der Waals surface area contributed by atoms with Crippen molar-refractivity contribution in [1.29, 1.82) is 0 Å². The molecule has 1 rings (SSSR count). The molecule has 0 aliphatic rings. The van der Waals surface area contributed by atoms with Gasteiger partial charge in [0.1, 0.15) is 0 Å². The highest BCUT2D eigenvalue weighted by Crippen LogP contribution is 2.17. The minimum Gasteiger partial charge on any atom is -0.377 e. The maximum atomic E-state index is 11.8. The van der Waals surface area contributed by atoms with Gasteiger partial charge in [0.05, 0.1) is 6.61 Å². The average Bonchev–Trinajstić information content (AvgIpc) is 2.25. The van der Waals surface area contributed by atoms with Gasteiger partial charge < -0.3 is 15.8 Å². The molecule has 0 aromatic heterocycles. The zero-order chi connectivity index (χ0) is 13.6. The number of ether oxygens (including phenoxy) is 1. The van der Waals surface area contributed by atoms with Crippen LogP contribution < -0.4 is 11.1 Å². The normalized spacial score (nSPS) is 11.3. The van der Waals surface area contributed by atoms with Crippen LogP contribution in [0.2, 0.25) is 0 Å². The van der Waals surface area contributed by atoms with Gasteiger partial charge in [-0.1, -0.05) is 18.2 Å². The lowest BCUT2D eigenvalue weighted by Crippen LogP contribution is -2.36. The van der Waals surface area contributed by atoms with Crippen LogP contribution in [-0.4, -0.2) is 18.1 Å². The lowest BCUT2D eigenvalue weighted by Gasteiger charge is -2.18. The maximum Gasteiger partial charge on any atom is 0.226 e. The second-order valence-electron chi connectivity index (χ2n) is 5.01. The molecule has 4 heteroatoms. The van der Waals surface area contributed by atoms with Crippen LogP contribution in [0.4, 0.5) is 5.69 Å². The van der Waals surface area contributed by atoms with Gasteiger partial charge in [-0.05, 0) is 26.8 Å². The molecule has 0 radical (unpaired) electrons. The fourth-order valence-corrected chi connectivity index (χ4v) is 1.59. The molecule has 0 atom stereocenters. The van der Waals surface area contributed by atoms with Crippen molar-refractivity contribution in [3.63, 3.8) is 0 Å². The van der Waals surface area contributed by atoms with E-state index in [1.807, 2.05) is 45.0 Å². The number of amides is 1. The van der Waals surface area contributed by atoms with Gasteiger partial charge in [0, 0.05) is 29.8 Å². The van der Waals surface area contributed by atoms with E-state index in [2.05, 4.69) is 5.32 Å². The third-order valence-electron chi connectivity index (χ3n) is 2.37. The van der Waals surface area contributed by atoms with E-state index in [1.165, 1.54) is 0 Å². The summed E-state index contributed by atoms with van der Waals surface area (Å²) in [6, 6.07) is 7.63. The van der Waals surface area contributed by atoms with Crippen molar-refractivity contribution in [2.75, 3.05) is 11.9 Å². The number of nitrogens with one attached hydrogen (secondary N) is 1. The molecule has 0 bridgehead atoms. The van der Waals surface area contributed by atoms with Gasteiger partial charge in [0.2, 0.25) is 5.91 Å². The maximum absolute atomic E-state index is 11.8. The van der Waals surface area contributed by atoms with E-state index in [0.29, 0.717) is 13.2 Å². The Labute approximate surface area is 109 Å². The molecule has 100 valence electrons. The molecule has 4 nitrogen and oxygen atoms in total. The molecular formula is C14H22N2O2. The molecule has 0 aliphatic heterocycles. The first-order valence-corrected chi connectivity index (χ1v) is 6.17. The monoisotopic (exact) mass is 250 g/mol. The van der Waals surface area contributed by atoms with E-state index in [0.717, 1.165) is 11.3 Å². The Kier molecular flexibility index (Phi) is 5.31. The minimum absolute atomic E-state index is 0.0774. The highest BCUT2D eigenvalue weighted by atomic mass is 16.5. The van der Waals surface area contributed by atoms with Crippen LogP contribution in [-0.2, 0) is 16.1 Å². The molecule has 0 saturated heterocycles. The standard InChI is InChI=1S/C14H22N2O2/c1-4-18-10-11-7-5-6-8-12(11)16-13(17)9-14(2,3)15/h5-8H,4,9-10,15H2,1-3H3,(H,16,17). The molecule has 0 unspecified atom stereocenters. The number of rotatable bonds is 6. The average molecular weight is 250 g/mol. The third-order valence-corrected chi connectivity index (χ3v) is 2.37. The van der Waals surface area contributed by atoms with Gasteiger partial charge in [-0.3, -0.25) is 4.79 Å². The second kappa shape index (κ2) is 6.52. The number of nitrogens with two attached hydrogens (primary N) is 1. The van der Waals surface area contributed by atoms with Crippen molar-refractivity contribution in [3.05, 3.63) is 29.8 Å². The van der Waals surface area contributed by atoms with Crippen LogP contribution in [0.25, 0.3) is 0 Å². The molecule has 1 amide bonds. The van der Waals surface area contributed by atoms with Gasteiger partial charge in [-0.25, -0.2) is 0 Å². The molecular weight excluding hydrogens is 228 g/mol. The summed E-state index contributed by atoms with van der Waals surface area (Å²) >= 11 is 0. The van der Waals surface area contributed by atoms with E-state index in [1.54, 1.807) is 0 Å². The predicted molar refractivity (Wildman–Crippen MR) is 73.3 cm³/mol. The van der Waals surface area contributed by atoms with E-state index >= 15 is 0 Å². The molecule has 3 N–H and O–H groups in total. The molecule has 18 heavy (non-hydrogen) atoms. The first-order chi connectivity index (χ1) is 8.42. The van der Waals surface area contributed by atoms with Crippen molar-refractivity contribution < 1.29 is 9.53 Å². The smallest absolute Gasteiger partial charge is 0.226 e. The summed E-state index contributed by atoms with van der Waals surface area (Å²) in [4.78, 5) is 11.8. The molecule has 0 spiro atoms. The molecule has 0 heterocycles. The Balaban J connectivity index is 2.68. The Morgan fingerprint density at radius 3 is 2.67 bits per heavy atom. The first kappa shape index (κ1) is 14.7. The molecule has 1 aromatic carbocycles. The van der Waals surface area contributed by atoms with Crippen LogP contribution >= 0.6 is 0 Å². The summed E-state index contributed by atoms with van der Waals surface area (Å²) < 4.78 is 5.37. The summed E-state index contributed by atoms with van der Waals surface area (Å²) in [6.07, 6.45) is 0.288. The van der Waals surface area contributed by atoms with Gasteiger partial charge in [-0.2, -0.15) is 0 Å². The Morgan fingerprint density at radius 2 is 2.06 bits per heavy atom. The summed E-state index contributed by atoms with van der Waals surface area (Å²) in [5.41, 5.74) is 7.09. The molecule has 0 fully saturated rings. The van der Waals surface area contributed by atoms with Crippen LogP contribution in [0.3, 0.4) is 0 Å². The van der Waals surface area contributed by atoms with Crippen molar-refractivity contribution in [2.45, 2.75) is 39.3 Å². The fourth-order valence-electron chi connectivity index (χ4n) is 1.59. The summed E-state index contributed by atoms with van der Waals surface area (Å²) in [7, 11) is 0. The van der Waals surface area contributed by atoms with Crippen molar-refractivity contribution in [2.24, 2.45) is 5.73 Å². The topological polar surface area (TPSA) is 64.3 Å². The number of hydrogen-bond donors (Lipinski definition) is 2. The number of anilines is 1. The SMILES string of the molecule is CCOCc1ccccc1NC(=O)CC(C)(C)N. The van der Waals surface area contributed by atoms with E-state index in [4.69, 9.17) is 10.5 Å². The van der Waals surface area contributed by atoms with Crippen LogP contribution in [0, 0.1) is 0 Å². The summed E-state index contributed by atoms with van der Waals surface area (Å²) in [5, 5.41) is 2.88. The number of para-hydroxylation sites is 1. The highest BCUT2D eigenvalue weighted by Gasteiger charge is 2.17. The second-order valence-corrected chi connectivity index (χ2v) is 5.01. The Bertz CT molecular complexity index is 397. The highest BCUT2D eigenvalue weighted by molar-refractivity contribution is 5.92. The van der Waals surface area contributed by atoms with Crippen LogP contribution in [0.1, 0.15) is 32.8 Å². The van der Waals surface area contributed by atoms with E-state index in [9.17, 15) is 4.79 Å². The summed E-state index contributed by atoms with van der Waals surface area (Å²) in [5.74, 6) is -0.0774. The Morgan fingerprint density at radius 1 is 1.39 bits per heavy atom.